The second-order valence-electron chi connectivity index (χ2n) is 8.11. The van der Waals surface area contributed by atoms with Crippen molar-refractivity contribution in [1.82, 2.24) is 4.90 Å². The van der Waals surface area contributed by atoms with Gasteiger partial charge in [0.25, 0.3) is 0 Å². The molecular formula is C23H31NO2. The van der Waals surface area contributed by atoms with Crippen LogP contribution in [0, 0.1) is 5.92 Å². The van der Waals surface area contributed by atoms with Gasteiger partial charge in [0.2, 0.25) is 0 Å². The summed E-state index contributed by atoms with van der Waals surface area (Å²) in [5, 5.41) is 13.5. The lowest BCUT2D eigenvalue weighted by Crippen LogP contribution is -2.38. The Morgan fingerprint density at radius 1 is 1.19 bits per heavy atom. The minimum atomic E-state index is -0.432. The fraction of sp³-hybridized carbons (Fsp3) is 0.565. The Morgan fingerprint density at radius 3 is 2.77 bits per heavy atom. The first-order valence-electron chi connectivity index (χ1n) is 10.2. The SMILES string of the molecule is CCc1cc2c(c3ccc(C(O)CN4CCOCC4)cc13)CCC(C)C2. The first-order chi connectivity index (χ1) is 12.7. The van der Waals surface area contributed by atoms with E-state index in [4.69, 9.17) is 4.74 Å². The van der Waals surface area contributed by atoms with Crippen LogP contribution < -0.4 is 0 Å². The topological polar surface area (TPSA) is 32.7 Å². The Balaban J connectivity index is 1.66. The largest absolute Gasteiger partial charge is 0.387 e. The Morgan fingerprint density at radius 2 is 2.00 bits per heavy atom. The van der Waals surface area contributed by atoms with Crippen molar-refractivity contribution in [3.05, 3.63) is 46.5 Å². The van der Waals surface area contributed by atoms with Crippen molar-refractivity contribution in [1.29, 1.82) is 0 Å². The molecule has 2 aromatic carbocycles. The third-order valence-electron chi connectivity index (χ3n) is 6.21. The number of rotatable bonds is 4. The molecule has 2 aliphatic rings. The number of benzene rings is 2. The molecule has 26 heavy (non-hydrogen) atoms. The Bertz CT molecular complexity index is 779. The first-order valence-corrected chi connectivity index (χ1v) is 10.2. The van der Waals surface area contributed by atoms with Gasteiger partial charge in [-0.1, -0.05) is 32.0 Å². The number of morpholine rings is 1. The summed E-state index contributed by atoms with van der Waals surface area (Å²) in [6.45, 7) is 8.67. The third-order valence-corrected chi connectivity index (χ3v) is 6.21. The highest BCUT2D eigenvalue weighted by Gasteiger charge is 2.21. The lowest BCUT2D eigenvalue weighted by molar-refractivity contribution is 0.0143. The predicted molar refractivity (Wildman–Crippen MR) is 107 cm³/mol. The number of hydrogen-bond donors (Lipinski definition) is 1. The van der Waals surface area contributed by atoms with Crippen LogP contribution in [0.4, 0.5) is 0 Å². The third kappa shape index (κ3) is 3.53. The molecule has 0 spiro atoms. The van der Waals surface area contributed by atoms with Crippen molar-refractivity contribution >= 4 is 10.8 Å². The van der Waals surface area contributed by atoms with E-state index >= 15 is 0 Å². The highest BCUT2D eigenvalue weighted by atomic mass is 16.5. The van der Waals surface area contributed by atoms with Crippen LogP contribution in [0.2, 0.25) is 0 Å². The van der Waals surface area contributed by atoms with Crippen LogP contribution in [0.1, 0.15) is 48.6 Å². The van der Waals surface area contributed by atoms with Gasteiger partial charge in [0.15, 0.2) is 0 Å². The van der Waals surface area contributed by atoms with Crippen LogP contribution in [0.5, 0.6) is 0 Å². The number of hydrogen-bond acceptors (Lipinski definition) is 3. The molecule has 1 N–H and O–H groups in total. The average molecular weight is 354 g/mol. The summed E-state index contributed by atoms with van der Waals surface area (Å²) < 4.78 is 5.41. The van der Waals surface area contributed by atoms with E-state index in [2.05, 4.69) is 43.0 Å². The number of aliphatic hydroxyl groups is 1. The molecule has 1 aliphatic heterocycles. The van der Waals surface area contributed by atoms with E-state index in [0.29, 0.717) is 6.54 Å². The highest BCUT2D eigenvalue weighted by Crippen LogP contribution is 2.35. The second kappa shape index (κ2) is 7.67. The van der Waals surface area contributed by atoms with Crippen molar-refractivity contribution in [2.75, 3.05) is 32.8 Å². The fourth-order valence-electron chi connectivity index (χ4n) is 4.62. The fourth-order valence-corrected chi connectivity index (χ4v) is 4.62. The molecule has 0 saturated carbocycles. The molecule has 0 bridgehead atoms. The summed E-state index contributed by atoms with van der Waals surface area (Å²) in [6, 6.07) is 9.09. The van der Waals surface area contributed by atoms with Gasteiger partial charge < -0.3 is 9.84 Å². The highest BCUT2D eigenvalue weighted by molar-refractivity contribution is 5.90. The lowest BCUT2D eigenvalue weighted by atomic mass is 9.80. The monoisotopic (exact) mass is 353 g/mol. The maximum absolute atomic E-state index is 10.8. The molecular weight excluding hydrogens is 322 g/mol. The minimum Gasteiger partial charge on any atom is -0.387 e. The van der Waals surface area contributed by atoms with Gasteiger partial charge in [-0.3, -0.25) is 4.90 Å². The van der Waals surface area contributed by atoms with E-state index < -0.39 is 6.10 Å². The van der Waals surface area contributed by atoms with Crippen LogP contribution in [-0.2, 0) is 24.0 Å². The summed E-state index contributed by atoms with van der Waals surface area (Å²) in [4.78, 5) is 2.30. The van der Waals surface area contributed by atoms with Gasteiger partial charge >= 0.3 is 0 Å². The van der Waals surface area contributed by atoms with Crippen molar-refractivity contribution in [2.45, 2.75) is 45.6 Å². The molecule has 1 fully saturated rings. The Hall–Kier alpha value is -1.42. The zero-order valence-corrected chi connectivity index (χ0v) is 16.1. The van der Waals surface area contributed by atoms with Crippen LogP contribution in [0.25, 0.3) is 10.8 Å². The molecule has 0 amide bonds. The summed E-state index contributed by atoms with van der Waals surface area (Å²) in [5.74, 6) is 0.791. The van der Waals surface area contributed by atoms with E-state index in [0.717, 1.165) is 44.2 Å². The van der Waals surface area contributed by atoms with Crippen LogP contribution in [-0.4, -0.2) is 42.9 Å². The Kier molecular flexibility index (Phi) is 5.30. The minimum absolute atomic E-state index is 0.432. The first kappa shape index (κ1) is 18.0. The number of fused-ring (bicyclic) bond motifs is 3. The summed E-state index contributed by atoms with van der Waals surface area (Å²) >= 11 is 0. The van der Waals surface area contributed by atoms with E-state index in [1.807, 2.05) is 0 Å². The van der Waals surface area contributed by atoms with E-state index in [1.54, 1.807) is 11.1 Å². The lowest BCUT2D eigenvalue weighted by Gasteiger charge is -2.29. The summed E-state index contributed by atoms with van der Waals surface area (Å²) in [6.07, 6.45) is 4.29. The van der Waals surface area contributed by atoms with Crippen molar-refractivity contribution in [3.8, 4) is 0 Å². The number of ether oxygens (including phenoxy) is 1. The number of nitrogens with zero attached hydrogens (tertiary/aromatic N) is 1. The molecule has 1 saturated heterocycles. The molecule has 2 unspecified atom stereocenters. The molecule has 3 heteroatoms. The summed E-state index contributed by atoms with van der Waals surface area (Å²) in [5.41, 5.74) is 5.57. The standard InChI is InChI=1S/C23H31NO2/c1-3-17-13-19-12-16(2)4-6-20(19)21-7-5-18(14-22(17)21)23(25)15-24-8-10-26-11-9-24/h5,7,13-14,16,23,25H,3-4,6,8-12,15H2,1-2H3. The molecule has 140 valence electrons. The molecule has 2 atom stereocenters. The summed E-state index contributed by atoms with van der Waals surface area (Å²) in [7, 11) is 0. The molecule has 1 aliphatic carbocycles. The maximum Gasteiger partial charge on any atom is 0.0917 e. The van der Waals surface area contributed by atoms with Gasteiger partial charge in [-0.2, -0.15) is 0 Å². The van der Waals surface area contributed by atoms with Gasteiger partial charge in [-0.15, -0.1) is 0 Å². The van der Waals surface area contributed by atoms with E-state index in [-0.39, 0.29) is 0 Å². The van der Waals surface area contributed by atoms with Crippen molar-refractivity contribution in [2.24, 2.45) is 5.92 Å². The van der Waals surface area contributed by atoms with Crippen LogP contribution in [0.3, 0.4) is 0 Å². The molecule has 0 aromatic heterocycles. The second-order valence-corrected chi connectivity index (χ2v) is 8.11. The van der Waals surface area contributed by atoms with E-state index in [1.165, 1.54) is 35.6 Å². The van der Waals surface area contributed by atoms with Gasteiger partial charge in [0.05, 0.1) is 19.3 Å². The molecule has 1 heterocycles. The van der Waals surface area contributed by atoms with E-state index in [9.17, 15) is 5.11 Å². The molecule has 0 radical (unpaired) electrons. The van der Waals surface area contributed by atoms with Gasteiger partial charge in [-0.05, 0) is 70.7 Å². The van der Waals surface area contributed by atoms with Crippen LogP contribution >= 0.6 is 0 Å². The van der Waals surface area contributed by atoms with Gasteiger partial charge in [0.1, 0.15) is 0 Å². The maximum atomic E-state index is 10.8. The molecule has 4 rings (SSSR count). The number of β-amino-alcohol motifs (C(OH)–C–C–N with tert-alkyl or cyclic N) is 1. The van der Waals surface area contributed by atoms with Crippen LogP contribution in [0.15, 0.2) is 24.3 Å². The smallest absolute Gasteiger partial charge is 0.0917 e. The average Bonchev–Trinajstić information content (AvgIpc) is 2.67. The van der Waals surface area contributed by atoms with Crippen molar-refractivity contribution < 1.29 is 9.84 Å². The molecule has 2 aromatic rings. The zero-order valence-electron chi connectivity index (χ0n) is 16.1. The van der Waals surface area contributed by atoms with Gasteiger partial charge in [-0.25, -0.2) is 0 Å². The van der Waals surface area contributed by atoms with Gasteiger partial charge in [0, 0.05) is 19.6 Å². The number of aryl methyl sites for hydroxylation is 2. The zero-order chi connectivity index (χ0) is 18.1. The predicted octanol–water partition coefficient (Wildman–Crippen LogP) is 3.89. The molecule has 3 nitrogen and oxygen atoms in total. The number of aliphatic hydroxyl groups excluding tert-OH is 1. The van der Waals surface area contributed by atoms with Crippen molar-refractivity contribution in [3.63, 3.8) is 0 Å². The Labute approximate surface area is 157 Å². The normalized spacial score (nSPS) is 22.3. The quantitative estimate of drug-likeness (QED) is 0.905.